The molecule has 0 saturated heterocycles. The highest BCUT2D eigenvalue weighted by Crippen LogP contribution is 2.19. The Labute approximate surface area is 89.1 Å². The van der Waals surface area contributed by atoms with Crippen molar-refractivity contribution in [2.24, 2.45) is 0 Å². The van der Waals surface area contributed by atoms with Crippen molar-refractivity contribution >= 4 is 6.29 Å². The Hall–Kier alpha value is -1.38. The average Bonchev–Trinajstić information content (AvgIpc) is 2.26. The molecule has 1 aromatic rings. The van der Waals surface area contributed by atoms with Crippen LogP contribution in [0.2, 0.25) is 0 Å². The summed E-state index contributed by atoms with van der Waals surface area (Å²) >= 11 is 0. The maximum atomic E-state index is 13.0. The molecule has 15 heavy (non-hydrogen) atoms. The highest BCUT2D eigenvalue weighted by Gasteiger charge is 2.02. The Morgan fingerprint density at radius 1 is 1.40 bits per heavy atom. The summed E-state index contributed by atoms with van der Waals surface area (Å²) in [4.78, 5) is 10.1. The molecule has 0 aliphatic heterocycles. The fraction of sp³-hybridized carbons (Fsp3) is 0.417. The Balaban J connectivity index is 2.50. The number of carbonyl (C=O) groups excluding carboxylic acids is 1. The van der Waals surface area contributed by atoms with Crippen molar-refractivity contribution in [3.63, 3.8) is 0 Å². The van der Waals surface area contributed by atoms with Gasteiger partial charge in [0.25, 0.3) is 0 Å². The van der Waals surface area contributed by atoms with Gasteiger partial charge >= 0.3 is 0 Å². The number of rotatable bonds is 6. The van der Waals surface area contributed by atoms with Crippen LogP contribution in [0.15, 0.2) is 18.2 Å². The lowest BCUT2D eigenvalue weighted by molar-refractivity contribution is -0.107. The molecule has 0 fully saturated rings. The van der Waals surface area contributed by atoms with Crippen molar-refractivity contribution < 1.29 is 13.9 Å². The van der Waals surface area contributed by atoms with Gasteiger partial charge in [-0.2, -0.15) is 0 Å². The molecule has 0 aliphatic carbocycles. The summed E-state index contributed by atoms with van der Waals surface area (Å²) in [5.41, 5.74) is 1.04. The SMILES string of the molecule is COc1cc(CCCCC=O)ccc1F. The van der Waals surface area contributed by atoms with Crippen LogP contribution in [0.5, 0.6) is 5.75 Å². The van der Waals surface area contributed by atoms with Crippen LogP contribution in [0, 0.1) is 5.82 Å². The highest BCUT2D eigenvalue weighted by molar-refractivity contribution is 5.48. The normalized spacial score (nSPS) is 10.0. The van der Waals surface area contributed by atoms with Crippen LogP contribution in [0.25, 0.3) is 0 Å². The van der Waals surface area contributed by atoms with Crippen molar-refractivity contribution in [2.75, 3.05) is 7.11 Å². The van der Waals surface area contributed by atoms with Gasteiger partial charge in [0.05, 0.1) is 7.11 Å². The van der Waals surface area contributed by atoms with Gasteiger partial charge in [-0.25, -0.2) is 4.39 Å². The van der Waals surface area contributed by atoms with E-state index in [1.165, 1.54) is 13.2 Å². The summed E-state index contributed by atoms with van der Waals surface area (Å²) < 4.78 is 17.9. The topological polar surface area (TPSA) is 26.3 Å². The molecular weight excluding hydrogens is 195 g/mol. The smallest absolute Gasteiger partial charge is 0.165 e. The predicted octanol–water partition coefficient (Wildman–Crippen LogP) is 2.75. The number of unbranched alkanes of at least 4 members (excludes halogenated alkanes) is 2. The molecular formula is C12H15FO2. The molecule has 82 valence electrons. The van der Waals surface area contributed by atoms with Crippen LogP contribution in [-0.2, 0) is 11.2 Å². The summed E-state index contributed by atoms with van der Waals surface area (Å²) in [5.74, 6) is -0.0583. The average molecular weight is 210 g/mol. The lowest BCUT2D eigenvalue weighted by Gasteiger charge is -2.05. The lowest BCUT2D eigenvalue weighted by Crippen LogP contribution is -1.92. The van der Waals surface area contributed by atoms with E-state index in [9.17, 15) is 9.18 Å². The minimum absolute atomic E-state index is 0.280. The molecule has 0 spiro atoms. The predicted molar refractivity (Wildman–Crippen MR) is 56.6 cm³/mol. The van der Waals surface area contributed by atoms with Crippen LogP contribution < -0.4 is 4.74 Å². The molecule has 0 radical (unpaired) electrons. The van der Waals surface area contributed by atoms with E-state index < -0.39 is 0 Å². The van der Waals surface area contributed by atoms with Gasteiger partial charge in [0.15, 0.2) is 11.6 Å². The molecule has 1 rings (SSSR count). The minimum atomic E-state index is -0.339. The third kappa shape index (κ3) is 3.70. The summed E-state index contributed by atoms with van der Waals surface area (Å²) in [6.45, 7) is 0. The van der Waals surface area contributed by atoms with Gasteiger partial charge in [-0.05, 0) is 37.0 Å². The third-order valence-electron chi connectivity index (χ3n) is 2.25. The van der Waals surface area contributed by atoms with Gasteiger partial charge in [-0.15, -0.1) is 0 Å². The zero-order chi connectivity index (χ0) is 11.1. The van der Waals surface area contributed by atoms with E-state index >= 15 is 0 Å². The van der Waals surface area contributed by atoms with E-state index in [0.717, 1.165) is 31.1 Å². The van der Waals surface area contributed by atoms with E-state index in [2.05, 4.69) is 0 Å². The first-order chi connectivity index (χ1) is 7.27. The summed E-state index contributed by atoms with van der Waals surface area (Å²) in [7, 11) is 1.45. The number of ether oxygens (including phenoxy) is 1. The molecule has 3 heteroatoms. The second-order valence-corrected chi connectivity index (χ2v) is 3.38. The standard InChI is InChI=1S/C12H15FO2/c1-15-12-9-10(6-7-11(12)13)5-3-2-4-8-14/h6-9H,2-5H2,1H3. The number of benzene rings is 1. The molecule has 0 unspecified atom stereocenters. The maximum absolute atomic E-state index is 13.0. The Kier molecular flexibility index (Phi) is 4.81. The number of aldehydes is 1. The van der Waals surface area contributed by atoms with Crippen LogP contribution in [0.3, 0.4) is 0 Å². The van der Waals surface area contributed by atoms with E-state index in [1.807, 2.05) is 0 Å². The number of hydrogen-bond donors (Lipinski definition) is 0. The quantitative estimate of drug-likeness (QED) is 0.533. The second-order valence-electron chi connectivity index (χ2n) is 3.38. The minimum Gasteiger partial charge on any atom is -0.494 e. The van der Waals surface area contributed by atoms with Gasteiger partial charge < -0.3 is 9.53 Å². The first-order valence-corrected chi connectivity index (χ1v) is 5.04. The zero-order valence-corrected chi connectivity index (χ0v) is 8.83. The Morgan fingerprint density at radius 3 is 2.87 bits per heavy atom. The van der Waals surface area contributed by atoms with E-state index in [0.29, 0.717) is 6.42 Å². The molecule has 1 aromatic carbocycles. The molecule has 0 aromatic heterocycles. The van der Waals surface area contributed by atoms with Gasteiger partial charge in [-0.3, -0.25) is 0 Å². The van der Waals surface area contributed by atoms with Crippen LogP contribution >= 0.6 is 0 Å². The van der Waals surface area contributed by atoms with Crippen molar-refractivity contribution in [3.05, 3.63) is 29.6 Å². The van der Waals surface area contributed by atoms with Gasteiger partial charge in [0.2, 0.25) is 0 Å². The fourth-order valence-electron chi connectivity index (χ4n) is 1.42. The number of hydrogen-bond acceptors (Lipinski definition) is 2. The third-order valence-corrected chi connectivity index (χ3v) is 2.25. The summed E-state index contributed by atoms with van der Waals surface area (Å²) in [6.07, 6.45) is 4.19. The molecule has 0 atom stereocenters. The van der Waals surface area contributed by atoms with Crippen molar-refractivity contribution in [3.8, 4) is 5.75 Å². The number of halogens is 1. The van der Waals surface area contributed by atoms with E-state index in [4.69, 9.17) is 4.74 Å². The van der Waals surface area contributed by atoms with Crippen molar-refractivity contribution in [1.82, 2.24) is 0 Å². The molecule has 0 bridgehead atoms. The molecule has 0 saturated carbocycles. The largest absolute Gasteiger partial charge is 0.494 e. The summed E-state index contributed by atoms with van der Waals surface area (Å²) in [6, 6.07) is 4.86. The Morgan fingerprint density at radius 2 is 2.20 bits per heavy atom. The molecule has 0 amide bonds. The molecule has 0 aliphatic rings. The first kappa shape index (κ1) is 11.7. The number of aryl methyl sites for hydroxylation is 1. The van der Waals surface area contributed by atoms with Gasteiger partial charge in [-0.1, -0.05) is 6.07 Å². The fourth-order valence-corrected chi connectivity index (χ4v) is 1.42. The number of methoxy groups -OCH3 is 1. The van der Waals surface area contributed by atoms with E-state index in [-0.39, 0.29) is 11.6 Å². The number of carbonyl (C=O) groups is 1. The van der Waals surface area contributed by atoms with Crippen LogP contribution in [-0.4, -0.2) is 13.4 Å². The maximum Gasteiger partial charge on any atom is 0.165 e. The molecule has 0 heterocycles. The molecule has 0 N–H and O–H groups in total. The second kappa shape index (κ2) is 6.17. The van der Waals surface area contributed by atoms with Crippen LogP contribution in [0.4, 0.5) is 4.39 Å². The van der Waals surface area contributed by atoms with Crippen molar-refractivity contribution in [2.45, 2.75) is 25.7 Å². The van der Waals surface area contributed by atoms with Gasteiger partial charge in [0, 0.05) is 6.42 Å². The first-order valence-electron chi connectivity index (χ1n) is 5.04. The van der Waals surface area contributed by atoms with Crippen molar-refractivity contribution in [1.29, 1.82) is 0 Å². The monoisotopic (exact) mass is 210 g/mol. The Bertz CT molecular complexity index is 323. The van der Waals surface area contributed by atoms with E-state index in [1.54, 1.807) is 12.1 Å². The lowest BCUT2D eigenvalue weighted by atomic mass is 10.1. The summed E-state index contributed by atoms with van der Waals surface area (Å²) in [5, 5.41) is 0. The highest BCUT2D eigenvalue weighted by atomic mass is 19.1. The van der Waals surface area contributed by atoms with Gasteiger partial charge in [0.1, 0.15) is 6.29 Å². The zero-order valence-electron chi connectivity index (χ0n) is 8.83. The van der Waals surface area contributed by atoms with Crippen LogP contribution in [0.1, 0.15) is 24.8 Å². The molecule has 2 nitrogen and oxygen atoms in total.